The molecule has 0 bridgehead atoms. The second-order valence-electron chi connectivity index (χ2n) is 7.50. The Morgan fingerprint density at radius 3 is 2.28 bits per heavy atom. The quantitative estimate of drug-likeness (QED) is 0.478. The van der Waals surface area contributed by atoms with E-state index in [0.29, 0.717) is 30.5 Å². The van der Waals surface area contributed by atoms with E-state index in [1.807, 2.05) is 54.6 Å². The molecule has 168 valence electrons. The molecule has 0 spiro atoms. The summed E-state index contributed by atoms with van der Waals surface area (Å²) < 4.78 is 16.9. The first-order chi connectivity index (χ1) is 15.6. The number of aliphatic hydroxyl groups excluding tert-OH is 2. The van der Waals surface area contributed by atoms with Crippen molar-refractivity contribution in [1.82, 2.24) is 5.32 Å². The molecule has 0 saturated carbocycles. The van der Waals surface area contributed by atoms with E-state index in [1.54, 1.807) is 7.11 Å². The summed E-state index contributed by atoms with van der Waals surface area (Å²) in [5.74, 6) is 2.16. The summed E-state index contributed by atoms with van der Waals surface area (Å²) in [4.78, 5) is 0. The van der Waals surface area contributed by atoms with E-state index < -0.39 is 0 Å². The van der Waals surface area contributed by atoms with Crippen LogP contribution in [0, 0.1) is 0 Å². The average Bonchev–Trinajstić information content (AvgIpc) is 2.84. The molecule has 3 aromatic rings. The van der Waals surface area contributed by atoms with Crippen LogP contribution in [-0.4, -0.2) is 49.8 Å². The van der Waals surface area contributed by atoms with Crippen molar-refractivity contribution in [3.63, 3.8) is 0 Å². The van der Waals surface area contributed by atoms with Gasteiger partial charge in [-0.3, -0.25) is 0 Å². The molecule has 0 radical (unpaired) electrons. The average molecular weight is 456 g/mol. The van der Waals surface area contributed by atoms with Gasteiger partial charge in [-0.25, -0.2) is 0 Å². The number of ether oxygens (including phenoxy) is 3. The SMILES string of the molecule is COc1cc(-c2cccc(-c3ccc4c(c3)OCCO4)c2Cl)ccc1CNC(CO)CO. The summed E-state index contributed by atoms with van der Waals surface area (Å²) in [6.07, 6.45) is 0. The molecule has 3 N–H and O–H groups in total. The smallest absolute Gasteiger partial charge is 0.161 e. The summed E-state index contributed by atoms with van der Waals surface area (Å²) in [5, 5.41) is 22.3. The zero-order chi connectivity index (χ0) is 22.5. The van der Waals surface area contributed by atoms with E-state index in [9.17, 15) is 10.2 Å². The second kappa shape index (κ2) is 10.2. The molecule has 1 aliphatic rings. The van der Waals surface area contributed by atoms with E-state index in [0.717, 1.165) is 39.3 Å². The number of rotatable bonds is 8. The fraction of sp³-hybridized carbons (Fsp3) is 0.280. The van der Waals surface area contributed by atoms with Crippen LogP contribution in [0.4, 0.5) is 0 Å². The molecule has 0 amide bonds. The summed E-state index contributed by atoms with van der Waals surface area (Å²) in [6.45, 7) is 1.26. The number of hydrogen-bond acceptors (Lipinski definition) is 6. The van der Waals surface area contributed by atoms with Gasteiger partial charge in [0.1, 0.15) is 19.0 Å². The molecule has 6 nitrogen and oxygen atoms in total. The minimum absolute atomic E-state index is 0.140. The monoisotopic (exact) mass is 455 g/mol. The van der Waals surface area contributed by atoms with E-state index >= 15 is 0 Å². The number of nitrogens with one attached hydrogen (secondary N) is 1. The van der Waals surface area contributed by atoms with Crippen LogP contribution in [-0.2, 0) is 6.54 Å². The molecular weight excluding hydrogens is 430 g/mol. The van der Waals surface area contributed by atoms with Crippen LogP contribution >= 0.6 is 11.6 Å². The Morgan fingerprint density at radius 1 is 0.938 bits per heavy atom. The van der Waals surface area contributed by atoms with Crippen LogP contribution in [0.3, 0.4) is 0 Å². The molecule has 32 heavy (non-hydrogen) atoms. The third-order valence-electron chi connectivity index (χ3n) is 5.47. The van der Waals surface area contributed by atoms with Gasteiger partial charge in [0.25, 0.3) is 0 Å². The summed E-state index contributed by atoms with van der Waals surface area (Å²) >= 11 is 6.86. The highest BCUT2D eigenvalue weighted by molar-refractivity contribution is 6.36. The predicted molar refractivity (Wildman–Crippen MR) is 125 cm³/mol. The van der Waals surface area contributed by atoms with Crippen molar-refractivity contribution in [2.24, 2.45) is 0 Å². The van der Waals surface area contributed by atoms with Gasteiger partial charge in [-0.2, -0.15) is 0 Å². The van der Waals surface area contributed by atoms with Gasteiger partial charge in [-0.1, -0.05) is 48.0 Å². The molecule has 0 fully saturated rings. The lowest BCUT2D eigenvalue weighted by Gasteiger charge is -2.19. The Morgan fingerprint density at radius 2 is 1.59 bits per heavy atom. The van der Waals surface area contributed by atoms with Gasteiger partial charge in [-0.05, 0) is 29.3 Å². The molecule has 0 atom stereocenters. The van der Waals surface area contributed by atoms with E-state index in [1.165, 1.54) is 0 Å². The lowest BCUT2D eigenvalue weighted by molar-refractivity contribution is 0.170. The molecule has 0 saturated heterocycles. The largest absolute Gasteiger partial charge is 0.496 e. The number of halogens is 1. The molecule has 0 aliphatic carbocycles. The molecule has 4 rings (SSSR count). The Bertz CT molecular complexity index is 1080. The molecule has 0 aromatic heterocycles. The molecule has 1 heterocycles. The van der Waals surface area contributed by atoms with Crippen molar-refractivity contribution in [1.29, 1.82) is 0 Å². The van der Waals surface area contributed by atoms with Gasteiger partial charge < -0.3 is 29.7 Å². The Labute approximate surface area is 192 Å². The molecule has 1 aliphatic heterocycles. The van der Waals surface area contributed by atoms with Crippen molar-refractivity contribution in [3.05, 3.63) is 65.2 Å². The molecule has 3 aromatic carbocycles. The van der Waals surface area contributed by atoms with Gasteiger partial charge >= 0.3 is 0 Å². The van der Waals surface area contributed by atoms with Crippen LogP contribution in [0.15, 0.2) is 54.6 Å². The number of fused-ring (bicyclic) bond motifs is 1. The van der Waals surface area contributed by atoms with Gasteiger partial charge in [-0.15, -0.1) is 0 Å². The highest BCUT2D eigenvalue weighted by Gasteiger charge is 2.16. The third-order valence-corrected chi connectivity index (χ3v) is 5.88. The Balaban J connectivity index is 1.64. The van der Waals surface area contributed by atoms with Crippen molar-refractivity contribution >= 4 is 11.6 Å². The van der Waals surface area contributed by atoms with Gasteiger partial charge in [0.05, 0.1) is 31.4 Å². The van der Waals surface area contributed by atoms with E-state index in [2.05, 4.69) is 5.32 Å². The van der Waals surface area contributed by atoms with Crippen LogP contribution in [0.5, 0.6) is 17.2 Å². The maximum absolute atomic E-state index is 9.26. The number of benzene rings is 3. The molecule has 7 heteroatoms. The Hall–Kier alpha value is -2.77. The number of aliphatic hydroxyl groups is 2. The number of methoxy groups -OCH3 is 1. The summed E-state index contributed by atoms with van der Waals surface area (Å²) in [7, 11) is 1.62. The zero-order valence-electron chi connectivity index (χ0n) is 17.8. The Kier molecular flexibility index (Phi) is 7.17. The second-order valence-corrected chi connectivity index (χ2v) is 7.87. The minimum atomic E-state index is -0.378. The van der Waals surface area contributed by atoms with Crippen LogP contribution < -0.4 is 19.5 Å². The van der Waals surface area contributed by atoms with Gasteiger partial charge in [0, 0.05) is 23.2 Å². The maximum atomic E-state index is 9.26. The van der Waals surface area contributed by atoms with Crippen LogP contribution in [0.2, 0.25) is 5.02 Å². The van der Waals surface area contributed by atoms with Gasteiger partial charge in [0.15, 0.2) is 11.5 Å². The summed E-state index contributed by atoms with van der Waals surface area (Å²) in [5.41, 5.74) is 4.59. The highest BCUT2D eigenvalue weighted by atomic mass is 35.5. The van der Waals surface area contributed by atoms with Crippen LogP contribution in [0.25, 0.3) is 22.3 Å². The van der Waals surface area contributed by atoms with Crippen molar-refractivity contribution in [3.8, 4) is 39.5 Å². The predicted octanol–water partition coefficient (Wildman–Crippen LogP) is 3.90. The van der Waals surface area contributed by atoms with Gasteiger partial charge in [0.2, 0.25) is 0 Å². The van der Waals surface area contributed by atoms with Crippen molar-refractivity contribution in [2.45, 2.75) is 12.6 Å². The lowest BCUT2D eigenvalue weighted by atomic mass is 9.97. The molecule has 0 unspecified atom stereocenters. The first-order valence-electron chi connectivity index (χ1n) is 10.5. The fourth-order valence-electron chi connectivity index (χ4n) is 3.69. The minimum Gasteiger partial charge on any atom is -0.496 e. The van der Waals surface area contributed by atoms with E-state index in [4.69, 9.17) is 25.8 Å². The summed E-state index contributed by atoms with van der Waals surface area (Å²) in [6, 6.07) is 17.3. The van der Waals surface area contributed by atoms with E-state index in [-0.39, 0.29) is 19.3 Å². The number of hydrogen-bond donors (Lipinski definition) is 3. The fourth-order valence-corrected chi connectivity index (χ4v) is 4.03. The first kappa shape index (κ1) is 22.4. The highest BCUT2D eigenvalue weighted by Crippen LogP contribution is 2.41. The van der Waals surface area contributed by atoms with Crippen molar-refractivity contribution < 1.29 is 24.4 Å². The first-order valence-corrected chi connectivity index (χ1v) is 10.8. The third kappa shape index (κ3) is 4.69. The van der Waals surface area contributed by atoms with Crippen LogP contribution in [0.1, 0.15) is 5.56 Å². The maximum Gasteiger partial charge on any atom is 0.161 e. The topological polar surface area (TPSA) is 80.2 Å². The standard InChI is InChI=1S/C25H26ClNO5/c1-30-23-11-16(5-6-18(23)13-27-19(14-28)15-29)20-3-2-4-21(25(20)26)17-7-8-22-24(12-17)32-10-9-31-22/h2-8,11-12,19,27-29H,9-10,13-15H2,1H3. The molecular formula is C25H26ClNO5. The normalized spacial score (nSPS) is 12.8. The zero-order valence-corrected chi connectivity index (χ0v) is 18.6. The van der Waals surface area contributed by atoms with Crippen molar-refractivity contribution in [2.75, 3.05) is 33.5 Å². The lowest BCUT2D eigenvalue weighted by Crippen LogP contribution is -2.35.